The zero-order valence-electron chi connectivity index (χ0n) is 8.13. The molecule has 1 N–H and O–H groups in total. The van der Waals surface area contributed by atoms with E-state index in [1.807, 2.05) is 6.08 Å². The largest absolute Gasteiger partial charge is 0.481 e. The van der Waals surface area contributed by atoms with Crippen LogP contribution in [0.3, 0.4) is 0 Å². The van der Waals surface area contributed by atoms with Crippen molar-refractivity contribution in [3.8, 4) is 0 Å². The number of rotatable bonds is 5. The van der Waals surface area contributed by atoms with E-state index in [1.54, 1.807) is 6.08 Å². The highest BCUT2D eigenvalue weighted by atomic mass is 16.4. The Kier molecular flexibility index (Phi) is 4.64. The van der Waals surface area contributed by atoms with Crippen LogP contribution >= 0.6 is 0 Å². The standard InChI is InChI=1S/C10H18O2/c1-4-10(2,3)8-6-5-7-9(11)12/h5-6H,4,7-8H2,1-3H3,(H,11,12)/b6-5+. The molecule has 0 aliphatic rings. The number of hydrogen-bond acceptors (Lipinski definition) is 1. The minimum Gasteiger partial charge on any atom is -0.481 e. The third-order valence-electron chi connectivity index (χ3n) is 2.09. The van der Waals surface area contributed by atoms with Crippen LogP contribution in [0.4, 0.5) is 0 Å². The van der Waals surface area contributed by atoms with Gasteiger partial charge >= 0.3 is 5.97 Å². The van der Waals surface area contributed by atoms with Crippen LogP contribution in [0.2, 0.25) is 0 Å². The van der Waals surface area contributed by atoms with E-state index in [-0.39, 0.29) is 6.42 Å². The van der Waals surface area contributed by atoms with Crippen molar-refractivity contribution >= 4 is 5.97 Å². The molecule has 0 bridgehead atoms. The molecule has 12 heavy (non-hydrogen) atoms. The van der Waals surface area contributed by atoms with E-state index in [4.69, 9.17) is 5.11 Å². The van der Waals surface area contributed by atoms with Gasteiger partial charge in [0.2, 0.25) is 0 Å². The Bertz CT molecular complexity index is 169. The van der Waals surface area contributed by atoms with Gasteiger partial charge in [0, 0.05) is 0 Å². The Balaban J connectivity index is 3.67. The molecule has 0 aromatic rings. The van der Waals surface area contributed by atoms with Crippen molar-refractivity contribution in [2.75, 3.05) is 0 Å². The van der Waals surface area contributed by atoms with Crippen molar-refractivity contribution < 1.29 is 9.90 Å². The van der Waals surface area contributed by atoms with E-state index in [9.17, 15) is 4.79 Å². The van der Waals surface area contributed by atoms with E-state index in [0.29, 0.717) is 5.41 Å². The summed E-state index contributed by atoms with van der Waals surface area (Å²) in [6.45, 7) is 6.50. The fraction of sp³-hybridized carbons (Fsp3) is 0.700. The quantitative estimate of drug-likeness (QED) is 0.644. The van der Waals surface area contributed by atoms with Crippen molar-refractivity contribution in [2.24, 2.45) is 5.41 Å². The number of aliphatic carboxylic acids is 1. The van der Waals surface area contributed by atoms with E-state index >= 15 is 0 Å². The van der Waals surface area contributed by atoms with E-state index in [2.05, 4.69) is 20.8 Å². The first-order valence-corrected chi connectivity index (χ1v) is 4.35. The average molecular weight is 170 g/mol. The molecular weight excluding hydrogens is 152 g/mol. The zero-order chi connectivity index (χ0) is 9.61. The van der Waals surface area contributed by atoms with Gasteiger partial charge < -0.3 is 5.11 Å². The van der Waals surface area contributed by atoms with Crippen LogP contribution in [-0.4, -0.2) is 11.1 Å². The topological polar surface area (TPSA) is 37.3 Å². The summed E-state index contributed by atoms with van der Waals surface area (Å²) >= 11 is 0. The summed E-state index contributed by atoms with van der Waals surface area (Å²) in [4.78, 5) is 10.1. The summed E-state index contributed by atoms with van der Waals surface area (Å²) < 4.78 is 0. The Morgan fingerprint density at radius 1 is 1.42 bits per heavy atom. The molecule has 70 valence electrons. The highest BCUT2D eigenvalue weighted by Crippen LogP contribution is 2.24. The van der Waals surface area contributed by atoms with Gasteiger partial charge in [-0.05, 0) is 11.8 Å². The number of carbonyl (C=O) groups is 1. The second kappa shape index (κ2) is 4.96. The molecule has 0 saturated carbocycles. The lowest BCUT2D eigenvalue weighted by molar-refractivity contribution is -0.136. The molecule has 0 aromatic heterocycles. The maximum Gasteiger partial charge on any atom is 0.307 e. The second-order valence-electron chi connectivity index (χ2n) is 3.79. The monoisotopic (exact) mass is 170 g/mol. The fourth-order valence-corrected chi connectivity index (χ4v) is 0.731. The molecule has 0 aliphatic carbocycles. The molecule has 2 heteroatoms. The summed E-state index contributed by atoms with van der Waals surface area (Å²) in [5.41, 5.74) is 0.301. The summed E-state index contributed by atoms with van der Waals surface area (Å²) in [5, 5.41) is 8.35. The van der Waals surface area contributed by atoms with Gasteiger partial charge in [0.05, 0.1) is 6.42 Å². The predicted octanol–water partition coefficient (Wildman–Crippen LogP) is 2.84. The molecule has 0 heterocycles. The van der Waals surface area contributed by atoms with Gasteiger partial charge in [0.1, 0.15) is 0 Å². The molecule has 0 spiro atoms. The van der Waals surface area contributed by atoms with Gasteiger partial charge in [-0.2, -0.15) is 0 Å². The van der Waals surface area contributed by atoms with Crippen molar-refractivity contribution in [1.82, 2.24) is 0 Å². The predicted molar refractivity (Wildman–Crippen MR) is 50.1 cm³/mol. The molecule has 0 amide bonds. The third-order valence-corrected chi connectivity index (χ3v) is 2.09. The SMILES string of the molecule is CCC(C)(C)C/C=C/CC(=O)O. The summed E-state index contributed by atoms with van der Waals surface area (Å²) in [5.74, 6) is -0.763. The summed E-state index contributed by atoms with van der Waals surface area (Å²) in [7, 11) is 0. The number of carboxylic acids is 1. The Morgan fingerprint density at radius 2 is 2.00 bits per heavy atom. The lowest BCUT2D eigenvalue weighted by atomic mass is 9.86. The normalized spacial score (nSPS) is 12.2. The molecule has 0 atom stereocenters. The van der Waals surface area contributed by atoms with Crippen molar-refractivity contribution in [3.05, 3.63) is 12.2 Å². The van der Waals surface area contributed by atoms with Crippen molar-refractivity contribution in [1.29, 1.82) is 0 Å². The average Bonchev–Trinajstić information content (AvgIpc) is 1.98. The molecule has 0 aromatic carbocycles. The van der Waals surface area contributed by atoms with Crippen LogP contribution in [0.5, 0.6) is 0 Å². The zero-order valence-corrected chi connectivity index (χ0v) is 8.13. The Morgan fingerprint density at radius 3 is 2.42 bits per heavy atom. The maximum absolute atomic E-state index is 10.1. The van der Waals surface area contributed by atoms with Crippen LogP contribution in [0.15, 0.2) is 12.2 Å². The molecule has 0 aliphatic heterocycles. The lowest BCUT2D eigenvalue weighted by Gasteiger charge is -2.19. The van der Waals surface area contributed by atoms with Crippen molar-refractivity contribution in [3.63, 3.8) is 0 Å². The first-order valence-electron chi connectivity index (χ1n) is 4.35. The minimum absolute atomic E-state index is 0.139. The first kappa shape index (κ1) is 11.2. The molecule has 0 unspecified atom stereocenters. The number of carboxylic acid groups (broad SMARTS) is 1. The van der Waals surface area contributed by atoms with Gasteiger partial charge in [-0.3, -0.25) is 4.79 Å². The summed E-state index contributed by atoms with van der Waals surface area (Å²) in [6.07, 6.45) is 5.89. The Labute approximate surface area is 74.3 Å². The van der Waals surface area contributed by atoms with Crippen molar-refractivity contribution in [2.45, 2.75) is 40.0 Å². The number of hydrogen-bond donors (Lipinski definition) is 1. The second-order valence-corrected chi connectivity index (χ2v) is 3.79. The molecule has 0 radical (unpaired) electrons. The van der Waals surface area contributed by atoms with E-state index < -0.39 is 5.97 Å². The molecule has 2 nitrogen and oxygen atoms in total. The maximum atomic E-state index is 10.1. The van der Waals surface area contributed by atoms with Gasteiger partial charge in [0.25, 0.3) is 0 Å². The van der Waals surface area contributed by atoms with Crippen LogP contribution in [-0.2, 0) is 4.79 Å². The van der Waals surface area contributed by atoms with Gasteiger partial charge in [-0.1, -0.05) is 39.3 Å². The van der Waals surface area contributed by atoms with Crippen LogP contribution < -0.4 is 0 Å². The highest BCUT2D eigenvalue weighted by Gasteiger charge is 2.11. The van der Waals surface area contributed by atoms with Crippen LogP contribution in [0, 0.1) is 5.41 Å². The van der Waals surface area contributed by atoms with Crippen LogP contribution in [0.1, 0.15) is 40.0 Å². The van der Waals surface area contributed by atoms with Crippen LogP contribution in [0.25, 0.3) is 0 Å². The molecule has 0 saturated heterocycles. The first-order chi connectivity index (χ1) is 5.48. The molecule has 0 fully saturated rings. The Hall–Kier alpha value is -0.790. The fourth-order valence-electron chi connectivity index (χ4n) is 0.731. The minimum atomic E-state index is -0.763. The van der Waals surface area contributed by atoms with Gasteiger partial charge in [-0.25, -0.2) is 0 Å². The lowest BCUT2D eigenvalue weighted by Crippen LogP contribution is -2.07. The molecule has 0 rings (SSSR count). The summed E-state index contributed by atoms with van der Waals surface area (Å²) in [6, 6.07) is 0. The highest BCUT2D eigenvalue weighted by molar-refractivity contribution is 5.68. The van der Waals surface area contributed by atoms with Gasteiger partial charge in [0.15, 0.2) is 0 Å². The number of allylic oxidation sites excluding steroid dienone is 1. The van der Waals surface area contributed by atoms with E-state index in [1.165, 1.54) is 0 Å². The van der Waals surface area contributed by atoms with E-state index in [0.717, 1.165) is 12.8 Å². The van der Waals surface area contributed by atoms with Gasteiger partial charge in [-0.15, -0.1) is 0 Å². The third kappa shape index (κ3) is 5.96. The molecular formula is C10H18O2. The smallest absolute Gasteiger partial charge is 0.307 e.